The molecule has 0 aliphatic carbocycles. The highest BCUT2D eigenvalue weighted by molar-refractivity contribution is 7.14. The molecule has 0 saturated heterocycles. The fourth-order valence-electron chi connectivity index (χ4n) is 1.63. The maximum atomic E-state index is 10.8. The zero-order valence-electron chi connectivity index (χ0n) is 12.6. The van der Waals surface area contributed by atoms with Crippen LogP contribution in [-0.4, -0.2) is 29.5 Å². The fraction of sp³-hybridized carbons (Fsp3) is 0.188. The van der Waals surface area contributed by atoms with E-state index < -0.39 is 12.1 Å². The zero-order chi connectivity index (χ0) is 16.8. The molecule has 1 heterocycles. The largest absolute Gasteiger partial charge is 0.497 e. The van der Waals surface area contributed by atoms with Gasteiger partial charge >= 0.3 is 6.03 Å². The predicted octanol–water partition coefficient (Wildman–Crippen LogP) is 3.06. The Morgan fingerprint density at radius 3 is 2.52 bits per heavy atom. The highest BCUT2D eigenvalue weighted by atomic mass is 32.1. The van der Waals surface area contributed by atoms with Gasteiger partial charge in [-0.15, -0.1) is 0 Å². The summed E-state index contributed by atoms with van der Waals surface area (Å²) in [5.41, 5.74) is 4.96. The molecule has 0 saturated carbocycles. The summed E-state index contributed by atoms with van der Waals surface area (Å²) >= 11 is 1.36. The average molecular weight is 332 g/mol. The van der Waals surface area contributed by atoms with Gasteiger partial charge in [-0.3, -0.25) is 5.21 Å². The van der Waals surface area contributed by atoms with E-state index in [1.165, 1.54) is 11.3 Å². The number of primary amides is 1. The molecule has 1 aromatic carbocycles. The van der Waals surface area contributed by atoms with Crippen LogP contribution in [0.1, 0.15) is 11.8 Å². The van der Waals surface area contributed by atoms with Gasteiger partial charge in [-0.1, -0.05) is 23.2 Å². The molecular formula is C16H16N2O4S. The van der Waals surface area contributed by atoms with E-state index in [4.69, 9.17) is 15.2 Å². The number of nitrogens with two attached hydrogens (primary N) is 1. The first-order valence-corrected chi connectivity index (χ1v) is 7.52. The van der Waals surface area contributed by atoms with E-state index >= 15 is 0 Å². The van der Waals surface area contributed by atoms with Crippen LogP contribution in [0.25, 0.3) is 0 Å². The molecule has 7 heteroatoms. The molecule has 120 valence electrons. The van der Waals surface area contributed by atoms with Gasteiger partial charge in [-0.2, -0.15) is 5.06 Å². The minimum atomic E-state index is -0.943. The summed E-state index contributed by atoms with van der Waals surface area (Å²) in [4.78, 5) is 11.6. The van der Waals surface area contributed by atoms with Crippen molar-refractivity contribution in [3.05, 3.63) is 41.3 Å². The van der Waals surface area contributed by atoms with Crippen LogP contribution >= 0.6 is 11.3 Å². The molecule has 0 spiro atoms. The summed E-state index contributed by atoms with van der Waals surface area (Å²) in [6.07, 6.45) is 0. The van der Waals surface area contributed by atoms with E-state index in [-0.39, 0.29) is 0 Å². The number of rotatable bonds is 4. The second kappa shape index (κ2) is 7.54. The van der Waals surface area contributed by atoms with Crippen LogP contribution in [0.4, 0.5) is 4.79 Å². The SMILES string of the molecule is COc1ccc(Oc2ccc(C#CC(C)N(O)C(N)=O)s2)cc1. The molecule has 0 bridgehead atoms. The van der Waals surface area contributed by atoms with Crippen molar-refractivity contribution in [1.82, 2.24) is 5.06 Å². The van der Waals surface area contributed by atoms with Crippen LogP contribution in [-0.2, 0) is 0 Å². The number of urea groups is 1. The Balaban J connectivity index is 2.02. The standard InChI is InChI=1S/C16H16N2O4S/c1-11(18(20)16(17)19)3-8-14-9-10-15(23-14)22-13-6-4-12(21-2)5-7-13/h4-7,9-11,20H,1-2H3,(H2,17,19). The Morgan fingerprint density at radius 1 is 1.26 bits per heavy atom. The third-order valence-electron chi connectivity index (χ3n) is 2.86. The zero-order valence-corrected chi connectivity index (χ0v) is 13.5. The lowest BCUT2D eigenvalue weighted by molar-refractivity contribution is -0.0536. The second-order valence-electron chi connectivity index (χ2n) is 4.52. The highest BCUT2D eigenvalue weighted by Gasteiger charge is 2.11. The van der Waals surface area contributed by atoms with E-state index in [0.717, 1.165) is 10.6 Å². The Morgan fingerprint density at radius 2 is 1.91 bits per heavy atom. The minimum Gasteiger partial charge on any atom is -0.497 e. The average Bonchev–Trinajstić information content (AvgIpc) is 3.00. The molecule has 1 atom stereocenters. The third kappa shape index (κ3) is 4.64. The van der Waals surface area contributed by atoms with Gasteiger partial charge in [0, 0.05) is 0 Å². The number of methoxy groups -OCH3 is 1. The number of ether oxygens (including phenoxy) is 2. The van der Waals surface area contributed by atoms with Crippen molar-refractivity contribution in [1.29, 1.82) is 0 Å². The number of amides is 2. The molecule has 3 N–H and O–H groups in total. The van der Waals surface area contributed by atoms with Gasteiger partial charge < -0.3 is 15.2 Å². The quantitative estimate of drug-likeness (QED) is 0.512. The Labute approximate surface area is 138 Å². The van der Waals surface area contributed by atoms with Crippen LogP contribution in [0.2, 0.25) is 0 Å². The number of benzene rings is 1. The summed E-state index contributed by atoms with van der Waals surface area (Å²) in [5.74, 6) is 7.05. The van der Waals surface area contributed by atoms with E-state index in [0.29, 0.717) is 15.9 Å². The number of nitrogens with zero attached hydrogens (tertiary/aromatic N) is 1. The predicted molar refractivity (Wildman–Crippen MR) is 86.9 cm³/mol. The maximum absolute atomic E-state index is 10.8. The summed E-state index contributed by atoms with van der Waals surface area (Å²) in [5, 5.41) is 10.4. The number of thiophene rings is 1. The van der Waals surface area contributed by atoms with Gasteiger partial charge in [-0.25, -0.2) is 4.79 Å². The molecular weight excluding hydrogens is 316 g/mol. The molecule has 0 aliphatic rings. The molecule has 0 radical (unpaired) electrons. The van der Waals surface area contributed by atoms with Crippen LogP contribution < -0.4 is 15.2 Å². The monoisotopic (exact) mass is 332 g/mol. The van der Waals surface area contributed by atoms with Gasteiger partial charge in [0.05, 0.1) is 12.0 Å². The first-order valence-electron chi connectivity index (χ1n) is 6.70. The Bertz CT molecular complexity index is 731. The summed E-state index contributed by atoms with van der Waals surface area (Å²) in [6.45, 7) is 1.57. The van der Waals surface area contributed by atoms with Crippen LogP contribution in [0.5, 0.6) is 16.6 Å². The van der Waals surface area contributed by atoms with Crippen molar-refractivity contribution >= 4 is 17.4 Å². The lowest BCUT2D eigenvalue weighted by Crippen LogP contribution is -2.38. The first-order chi connectivity index (χ1) is 11.0. The summed E-state index contributed by atoms with van der Waals surface area (Å²) in [7, 11) is 1.60. The van der Waals surface area contributed by atoms with Crippen molar-refractivity contribution in [3.8, 4) is 28.4 Å². The van der Waals surface area contributed by atoms with E-state index in [2.05, 4.69) is 11.8 Å². The van der Waals surface area contributed by atoms with Gasteiger partial charge in [0.15, 0.2) is 5.06 Å². The molecule has 2 rings (SSSR count). The molecule has 0 aliphatic heterocycles. The maximum Gasteiger partial charge on any atom is 0.339 e. The number of hydroxylamine groups is 2. The van der Waals surface area contributed by atoms with Crippen molar-refractivity contribution in [2.24, 2.45) is 5.73 Å². The summed E-state index contributed by atoms with van der Waals surface area (Å²) in [6, 6.07) is 9.20. The third-order valence-corrected chi connectivity index (χ3v) is 3.73. The first kappa shape index (κ1) is 16.7. The normalized spacial score (nSPS) is 11.1. The molecule has 1 aromatic heterocycles. The van der Waals surface area contributed by atoms with Gasteiger partial charge in [0.2, 0.25) is 0 Å². The van der Waals surface area contributed by atoms with E-state index in [1.54, 1.807) is 26.2 Å². The van der Waals surface area contributed by atoms with Gasteiger partial charge in [0.25, 0.3) is 0 Å². The number of carbonyl (C=O) groups excluding carboxylic acids is 1. The van der Waals surface area contributed by atoms with Crippen LogP contribution in [0.3, 0.4) is 0 Å². The van der Waals surface area contributed by atoms with Gasteiger partial charge in [-0.05, 0) is 43.3 Å². The number of hydrogen-bond acceptors (Lipinski definition) is 5. The highest BCUT2D eigenvalue weighted by Crippen LogP contribution is 2.29. The molecule has 2 aromatic rings. The number of carbonyl (C=O) groups is 1. The number of hydrogen-bond donors (Lipinski definition) is 2. The molecule has 6 nitrogen and oxygen atoms in total. The smallest absolute Gasteiger partial charge is 0.339 e. The van der Waals surface area contributed by atoms with Crippen molar-refractivity contribution in [2.45, 2.75) is 13.0 Å². The van der Waals surface area contributed by atoms with Crippen molar-refractivity contribution in [3.63, 3.8) is 0 Å². The lowest BCUT2D eigenvalue weighted by atomic mass is 10.3. The topological polar surface area (TPSA) is 85.0 Å². The molecule has 23 heavy (non-hydrogen) atoms. The molecule has 2 amide bonds. The fourth-order valence-corrected chi connectivity index (χ4v) is 2.37. The van der Waals surface area contributed by atoms with Crippen molar-refractivity contribution < 1.29 is 19.5 Å². The lowest BCUT2D eigenvalue weighted by Gasteiger charge is -2.14. The van der Waals surface area contributed by atoms with Crippen LogP contribution in [0.15, 0.2) is 36.4 Å². The Hall–Kier alpha value is -2.69. The minimum absolute atomic E-state index is 0.384. The van der Waals surface area contributed by atoms with E-state index in [9.17, 15) is 10.0 Å². The van der Waals surface area contributed by atoms with Crippen molar-refractivity contribution in [2.75, 3.05) is 7.11 Å². The summed E-state index contributed by atoms with van der Waals surface area (Å²) < 4.78 is 10.8. The second-order valence-corrected chi connectivity index (χ2v) is 5.57. The Kier molecular flexibility index (Phi) is 5.46. The van der Waals surface area contributed by atoms with E-state index in [1.807, 2.05) is 24.3 Å². The van der Waals surface area contributed by atoms with Crippen LogP contribution in [0, 0.1) is 11.8 Å². The molecule has 1 unspecified atom stereocenters. The van der Waals surface area contributed by atoms with Gasteiger partial charge in [0.1, 0.15) is 17.5 Å². The molecule has 0 fully saturated rings.